The second kappa shape index (κ2) is 14.5. The molecule has 15 nitrogen and oxygen atoms in total. The predicted octanol–water partition coefficient (Wildman–Crippen LogP) is 3.19. The van der Waals surface area contributed by atoms with Crippen LogP contribution in [0.3, 0.4) is 0 Å². The molecule has 1 aromatic carbocycles. The Labute approximate surface area is 303 Å². The lowest BCUT2D eigenvalue weighted by molar-refractivity contribution is -0.141. The molecule has 3 N–H and O–H groups in total. The van der Waals surface area contributed by atoms with Gasteiger partial charge in [-0.15, -0.1) is 0 Å². The van der Waals surface area contributed by atoms with Gasteiger partial charge in [0.25, 0.3) is 5.91 Å². The first-order valence-electron chi connectivity index (χ1n) is 18.0. The van der Waals surface area contributed by atoms with Gasteiger partial charge in [0.15, 0.2) is 0 Å². The summed E-state index contributed by atoms with van der Waals surface area (Å²) in [6.07, 6.45) is 6.22. The summed E-state index contributed by atoms with van der Waals surface area (Å²) in [5, 5.41) is 5.58. The van der Waals surface area contributed by atoms with E-state index in [1.165, 1.54) is 4.90 Å². The minimum Gasteiger partial charge on any atom is -0.497 e. The summed E-state index contributed by atoms with van der Waals surface area (Å²) in [4.78, 5) is 65.9. The summed E-state index contributed by atoms with van der Waals surface area (Å²) in [5.74, 6) is -1.56. The molecule has 282 valence electrons. The van der Waals surface area contributed by atoms with E-state index in [0.717, 1.165) is 12.8 Å². The maximum atomic E-state index is 14.4. The van der Waals surface area contributed by atoms with Crippen molar-refractivity contribution in [2.75, 3.05) is 13.7 Å². The quantitative estimate of drug-likeness (QED) is 0.337. The van der Waals surface area contributed by atoms with Crippen molar-refractivity contribution in [3.05, 3.63) is 36.0 Å². The average molecular weight is 741 g/mol. The third-order valence-electron chi connectivity index (χ3n) is 10.4. The molecule has 4 aliphatic rings. The SMILES string of the molecule is COc1ccc2nc(C)c(O[C@@H]3C[C@H]4C(=O)N[C@]5(C(=O)NS(=O)(=O)C6(C)CC6)C[C@H]5/C=C/CCCCC[C@H](NC(=O)OC(C)C)C(=O)N4C3)nc2c1. The molecule has 6 rings (SSSR count). The predicted molar refractivity (Wildman–Crippen MR) is 190 cm³/mol. The number of ether oxygens (including phenoxy) is 3. The Kier molecular flexibility index (Phi) is 10.4. The zero-order chi connectivity index (χ0) is 37.4. The molecule has 2 aliphatic heterocycles. The van der Waals surface area contributed by atoms with Crippen molar-refractivity contribution >= 4 is 44.9 Å². The number of nitrogens with zero attached hydrogens (tertiary/aromatic N) is 3. The van der Waals surface area contributed by atoms with E-state index >= 15 is 0 Å². The number of allylic oxidation sites excluding steroid dienone is 1. The molecule has 5 atom stereocenters. The highest BCUT2D eigenvalue weighted by Gasteiger charge is 2.63. The van der Waals surface area contributed by atoms with Crippen LogP contribution in [0.1, 0.15) is 84.3 Å². The lowest BCUT2D eigenvalue weighted by Crippen LogP contribution is -2.58. The number of hydrogen-bond acceptors (Lipinski definition) is 11. The number of benzene rings is 1. The van der Waals surface area contributed by atoms with Crippen LogP contribution in [0.25, 0.3) is 11.0 Å². The molecule has 4 amide bonds. The molecule has 3 heterocycles. The van der Waals surface area contributed by atoms with Crippen molar-refractivity contribution in [2.24, 2.45) is 5.92 Å². The number of methoxy groups -OCH3 is 1. The van der Waals surface area contributed by atoms with Crippen LogP contribution in [0.4, 0.5) is 4.79 Å². The first kappa shape index (κ1) is 37.3. The number of sulfonamides is 1. The van der Waals surface area contributed by atoms with Crippen LogP contribution in [-0.2, 0) is 29.1 Å². The molecular formula is C36H48N6O9S. The second-order valence-electron chi connectivity index (χ2n) is 14.8. The van der Waals surface area contributed by atoms with Crippen LogP contribution in [0.5, 0.6) is 11.6 Å². The molecule has 0 spiro atoms. The Morgan fingerprint density at radius 1 is 1.10 bits per heavy atom. The number of amides is 4. The number of nitrogens with one attached hydrogen (secondary N) is 3. The molecule has 16 heteroatoms. The van der Waals surface area contributed by atoms with E-state index < -0.39 is 74.3 Å². The van der Waals surface area contributed by atoms with E-state index in [-0.39, 0.29) is 25.3 Å². The fourth-order valence-electron chi connectivity index (χ4n) is 6.84. The molecule has 0 unspecified atom stereocenters. The lowest BCUT2D eigenvalue weighted by atomic mass is 10.0. The van der Waals surface area contributed by atoms with E-state index in [9.17, 15) is 27.6 Å². The maximum Gasteiger partial charge on any atom is 0.408 e. The number of hydrogen-bond donors (Lipinski definition) is 3. The standard InChI is InChI=1S/C36H48N6O9S/c1-21(2)50-34(46)39-27-12-10-8-6-7-9-11-23-19-36(23,33(45)41-52(47,48)35(4)15-16-35)40-30(43)29-18-25(20-42(29)32(27)44)51-31-22(3)37-26-14-13-24(49-5)17-28(26)38-31/h9,11,13-14,17,21,23,25,27,29H,6-8,10,12,15-16,18-20H2,1-5H3,(H,39,46)(H,40,43)(H,41,45)/b11-9+/t23-,25-,27+,29+,36-/m1/s1. The summed E-state index contributed by atoms with van der Waals surface area (Å²) in [6.45, 7) is 6.71. The Hall–Kier alpha value is -4.47. The van der Waals surface area contributed by atoms with Crippen molar-refractivity contribution in [1.82, 2.24) is 30.2 Å². The monoisotopic (exact) mass is 740 g/mol. The Morgan fingerprint density at radius 2 is 1.87 bits per heavy atom. The molecule has 2 aliphatic carbocycles. The number of carbonyl (C=O) groups excluding carboxylic acids is 4. The number of aromatic nitrogens is 2. The van der Waals surface area contributed by atoms with Crippen molar-refractivity contribution in [2.45, 2.75) is 120 Å². The van der Waals surface area contributed by atoms with Crippen LogP contribution < -0.4 is 24.8 Å². The highest BCUT2D eigenvalue weighted by Crippen LogP contribution is 2.47. The first-order chi connectivity index (χ1) is 24.6. The normalized spacial score (nSPS) is 28.0. The fraction of sp³-hybridized carbons (Fsp3) is 0.611. The van der Waals surface area contributed by atoms with Gasteiger partial charge in [0.1, 0.15) is 35.2 Å². The van der Waals surface area contributed by atoms with Gasteiger partial charge in [0, 0.05) is 18.4 Å². The van der Waals surface area contributed by atoms with Gasteiger partial charge in [-0.25, -0.2) is 23.2 Å². The minimum absolute atomic E-state index is 0.0269. The van der Waals surface area contributed by atoms with Gasteiger partial charge < -0.3 is 29.7 Å². The van der Waals surface area contributed by atoms with Gasteiger partial charge in [-0.2, -0.15) is 0 Å². The average Bonchev–Trinajstić information content (AvgIpc) is 3.96. The van der Waals surface area contributed by atoms with Crippen LogP contribution in [0, 0.1) is 12.8 Å². The molecule has 1 saturated heterocycles. The van der Waals surface area contributed by atoms with E-state index in [1.807, 2.05) is 12.2 Å². The van der Waals surface area contributed by atoms with Crippen molar-refractivity contribution in [3.63, 3.8) is 0 Å². The van der Waals surface area contributed by atoms with Crippen molar-refractivity contribution in [1.29, 1.82) is 0 Å². The van der Waals surface area contributed by atoms with Gasteiger partial charge in [0.05, 0.1) is 35.5 Å². The van der Waals surface area contributed by atoms with E-state index in [4.69, 9.17) is 14.2 Å². The molecular weight excluding hydrogens is 692 g/mol. The number of carbonyl (C=O) groups is 4. The topological polar surface area (TPSA) is 195 Å². The van der Waals surface area contributed by atoms with Gasteiger partial charge >= 0.3 is 6.09 Å². The van der Waals surface area contributed by atoms with E-state index in [1.54, 1.807) is 53.0 Å². The molecule has 2 saturated carbocycles. The fourth-order valence-corrected chi connectivity index (χ4v) is 8.15. The van der Waals surface area contributed by atoms with Gasteiger partial charge in [0.2, 0.25) is 27.7 Å². The third-order valence-corrected chi connectivity index (χ3v) is 12.5. The Balaban J connectivity index is 1.31. The van der Waals surface area contributed by atoms with Crippen molar-refractivity contribution in [3.8, 4) is 11.6 Å². The number of rotatable bonds is 8. The largest absolute Gasteiger partial charge is 0.497 e. The molecule has 1 aromatic heterocycles. The minimum atomic E-state index is -3.98. The van der Waals surface area contributed by atoms with E-state index in [0.29, 0.717) is 54.6 Å². The second-order valence-corrected chi connectivity index (χ2v) is 17.0. The zero-order valence-electron chi connectivity index (χ0n) is 30.3. The Bertz CT molecular complexity index is 1880. The van der Waals surface area contributed by atoms with Gasteiger partial charge in [-0.3, -0.25) is 19.1 Å². The number of fused-ring (bicyclic) bond motifs is 3. The van der Waals surface area contributed by atoms with Crippen molar-refractivity contribution < 1.29 is 41.8 Å². The maximum absolute atomic E-state index is 14.4. The molecule has 0 bridgehead atoms. The summed E-state index contributed by atoms with van der Waals surface area (Å²) in [5.41, 5.74) is 0.154. The Morgan fingerprint density at radius 3 is 2.58 bits per heavy atom. The molecule has 0 radical (unpaired) electrons. The molecule has 2 aromatic rings. The first-order valence-corrected chi connectivity index (χ1v) is 19.4. The summed E-state index contributed by atoms with van der Waals surface area (Å²) in [7, 11) is -2.44. The number of aryl methyl sites for hydroxylation is 1. The molecule has 3 fully saturated rings. The van der Waals surface area contributed by atoms with Crippen LogP contribution >= 0.6 is 0 Å². The van der Waals surface area contributed by atoms with Gasteiger partial charge in [-0.1, -0.05) is 25.0 Å². The zero-order valence-corrected chi connectivity index (χ0v) is 31.1. The number of alkyl carbamates (subject to hydrolysis) is 1. The van der Waals surface area contributed by atoms with Crippen LogP contribution in [0.2, 0.25) is 0 Å². The van der Waals surface area contributed by atoms with Gasteiger partial charge in [-0.05, 0) is 78.4 Å². The van der Waals surface area contributed by atoms with Crippen LogP contribution in [0.15, 0.2) is 30.4 Å². The molecule has 52 heavy (non-hydrogen) atoms. The summed E-state index contributed by atoms with van der Waals surface area (Å²) >= 11 is 0. The summed E-state index contributed by atoms with van der Waals surface area (Å²) < 4.78 is 44.4. The highest BCUT2D eigenvalue weighted by atomic mass is 32.2. The van der Waals surface area contributed by atoms with Crippen LogP contribution in [-0.4, -0.2) is 95.3 Å². The summed E-state index contributed by atoms with van der Waals surface area (Å²) in [6, 6.07) is 3.18. The lowest BCUT2D eigenvalue weighted by Gasteiger charge is -2.30. The van der Waals surface area contributed by atoms with E-state index in [2.05, 4.69) is 25.3 Å². The highest BCUT2D eigenvalue weighted by molar-refractivity contribution is 7.91. The smallest absolute Gasteiger partial charge is 0.408 e. The third kappa shape index (κ3) is 7.81.